The van der Waals surface area contributed by atoms with Crippen molar-refractivity contribution < 1.29 is 19.1 Å². The molecule has 32 heavy (non-hydrogen) atoms. The van der Waals surface area contributed by atoms with Gasteiger partial charge in [0.1, 0.15) is 5.60 Å². The predicted octanol–water partition coefficient (Wildman–Crippen LogP) is 3.54. The third-order valence-electron chi connectivity index (χ3n) is 5.28. The van der Waals surface area contributed by atoms with Crippen LogP contribution >= 0.6 is 0 Å². The van der Waals surface area contributed by atoms with Crippen LogP contribution in [-0.2, 0) is 14.3 Å². The second-order valence-electron chi connectivity index (χ2n) is 9.01. The minimum absolute atomic E-state index is 0.0107. The molecule has 8 nitrogen and oxygen atoms in total. The summed E-state index contributed by atoms with van der Waals surface area (Å²) in [5.41, 5.74) is 0.398. The molecule has 0 aromatic heterocycles. The number of esters is 1. The average Bonchev–Trinajstić information content (AvgIpc) is 2.75. The zero-order valence-electron chi connectivity index (χ0n) is 19.9. The Morgan fingerprint density at radius 1 is 1.12 bits per heavy atom. The molecule has 8 heteroatoms. The van der Waals surface area contributed by atoms with Gasteiger partial charge in [-0.25, -0.2) is 4.79 Å². The van der Waals surface area contributed by atoms with Gasteiger partial charge in [0, 0.05) is 19.6 Å². The van der Waals surface area contributed by atoms with Crippen molar-refractivity contribution in [1.29, 1.82) is 0 Å². The first kappa shape index (κ1) is 25.5. The molecule has 0 aliphatic heterocycles. The number of alkyl carbamates (subject to hydrolysis) is 1. The normalized spacial score (nSPS) is 20.1. The van der Waals surface area contributed by atoms with Gasteiger partial charge in [-0.3, -0.25) is 9.79 Å². The maximum Gasteiger partial charge on any atom is 0.408 e. The Morgan fingerprint density at radius 2 is 1.78 bits per heavy atom. The van der Waals surface area contributed by atoms with Gasteiger partial charge in [-0.2, -0.15) is 0 Å². The van der Waals surface area contributed by atoms with Crippen LogP contribution in [0.25, 0.3) is 0 Å². The number of carbonyl (C=O) groups is 2. The Bertz CT molecular complexity index is 753. The summed E-state index contributed by atoms with van der Waals surface area (Å²) in [5, 5.41) is 9.70. The lowest BCUT2D eigenvalue weighted by Gasteiger charge is -2.29. The van der Waals surface area contributed by atoms with E-state index < -0.39 is 11.7 Å². The monoisotopic (exact) mass is 446 g/mol. The van der Waals surface area contributed by atoms with Gasteiger partial charge in [0.25, 0.3) is 0 Å². The molecule has 1 amide bonds. The molecule has 178 valence electrons. The van der Waals surface area contributed by atoms with E-state index in [1.54, 1.807) is 7.05 Å². The fraction of sp³-hybridized carbons (Fsp3) is 0.625. The Kier molecular flexibility index (Phi) is 9.81. The van der Waals surface area contributed by atoms with E-state index >= 15 is 0 Å². The highest BCUT2D eigenvalue weighted by Gasteiger charge is 2.28. The van der Waals surface area contributed by atoms with Gasteiger partial charge in [-0.05, 0) is 58.9 Å². The van der Waals surface area contributed by atoms with E-state index in [1.807, 2.05) is 58.0 Å². The van der Waals surface area contributed by atoms with Crippen LogP contribution < -0.4 is 16.0 Å². The van der Waals surface area contributed by atoms with E-state index in [0.29, 0.717) is 19.1 Å². The lowest BCUT2D eigenvalue weighted by molar-refractivity contribution is -0.149. The largest absolute Gasteiger partial charge is 0.466 e. The molecule has 1 saturated carbocycles. The number of guanidine groups is 1. The SMILES string of the molecule is CCOC(=O)C1CCC(NC(=NC)NCC(NC(=O)OC(C)(C)C)c2ccccc2)CC1. The molecular formula is C24H38N4O4. The van der Waals surface area contributed by atoms with Gasteiger partial charge in [-0.1, -0.05) is 30.3 Å². The molecule has 0 radical (unpaired) electrons. The highest BCUT2D eigenvalue weighted by molar-refractivity contribution is 5.80. The standard InChI is InChI=1S/C24H38N4O4/c1-6-31-21(29)18-12-14-19(15-13-18)27-22(25-5)26-16-20(17-10-8-7-9-11-17)28-23(30)32-24(2,3)4/h7-11,18-20H,6,12-16H2,1-5H3,(H,28,30)(H2,25,26,27). The van der Waals surface area contributed by atoms with E-state index in [-0.39, 0.29) is 24.0 Å². The van der Waals surface area contributed by atoms with Gasteiger partial charge < -0.3 is 25.4 Å². The minimum atomic E-state index is -0.571. The summed E-state index contributed by atoms with van der Waals surface area (Å²) in [5.74, 6) is 0.562. The van der Waals surface area contributed by atoms with Gasteiger partial charge in [0.15, 0.2) is 5.96 Å². The zero-order chi connectivity index (χ0) is 23.6. The Labute approximate surface area is 191 Å². The van der Waals surface area contributed by atoms with E-state index in [9.17, 15) is 9.59 Å². The molecule has 3 N–H and O–H groups in total. The van der Waals surface area contributed by atoms with E-state index in [1.165, 1.54) is 0 Å². The molecule has 0 saturated heterocycles. The minimum Gasteiger partial charge on any atom is -0.466 e. The van der Waals surface area contributed by atoms with Crippen molar-refractivity contribution in [3.8, 4) is 0 Å². The van der Waals surface area contributed by atoms with Crippen LogP contribution in [-0.4, -0.2) is 49.9 Å². The van der Waals surface area contributed by atoms with Gasteiger partial charge in [-0.15, -0.1) is 0 Å². The van der Waals surface area contributed by atoms with Gasteiger partial charge in [0.2, 0.25) is 0 Å². The number of rotatable bonds is 7. The van der Waals surface area contributed by atoms with E-state index in [0.717, 1.165) is 31.2 Å². The number of hydrogen-bond acceptors (Lipinski definition) is 5. The molecule has 1 fully saturated rings. The molecule has 0 spiro atoms. The first-order valence-electron chi connectivity index (χ1n) is 11.4. The highest BCUT2D eigenvalue weighted by Crippen LogP contribution is 2.25. The Balaban J connectivity index is 1.91. The van der Waals surface area contributed by atoms with Crippen molar-refractivity contribution in [3.63, 3.8) is 0 Å². The van der Waals surface area contributed by atoms with Crippen molar-refractivity contribution >= 4 is 18.0 Å². The number of ether oxygens (including phenoxy) is 2. The molecule has 1 unspecified atom stereocenters. The molecule has 1 aromatic rings. The van der Waals surface area contributed by atoms with Gasteiger partial charge >= 0.3 is 12.1 Å². The fourth-order valence-electron chi connectivity index (χ4n) is 3.71. The summed E-state index contributed by atoms with van der Waals surface area (Å²) >= 11 is 0. The van der Waals surface area contributed by atoms with Crippen molar-refractivity contribution in [2.75, 3.05) is 20.2 Å². The maximum absolute atomic E-state index is 12.4. The van der Waals surface area contributed by atoms with Crippen molar-refractivity contribution in [3.05, 3.63) is 35.9 Å². The van der Waals surface area contributed by atoms with Crippen LogP contribution in [0.15, 0.2) is 35.3 Å². The van der Waals surface area contributed by atoms with Crippen LogP contribution in [0.2, 0.25) is 0 Å². The number of hydrogen-bond donors (Lipinski definition) is 3. The second kappa shape index (κ2) is 12.3. The van der Waals surface area contributed by atoms with E-state index in [4.69, 9.17) is 9.47 Å². The van der Waals surface area contributed by atoms with Crippen LogP contribution in [0.3, 0.4) is 0 Å². The molecular weight excluding hydrogens is 408 g/mol. The van der Waals surface area contributed by atoms with Crippen LogP contribution in [0.5, 0.6) is 0 Å². The Morgan fingerprint density at radius 3 is 2.34 bits per heavy atom. The summed E-state index contributed by atoms with van der Waals surface area (Å²) in [7, 11) is 1.72. The summed E-state index contributed by atoms with van der Waals surface area (Å²) in [6, 6.07) is 9.70. The second-order valence-corrected chi connectivity index (χ2v) is 9.01. The molecule has 0 heterocycles. The van der Waals surface area contributed by atoms with Crippen LogP contribution in [0, 0.1) is 5.92 Å². The molecule has 2 rings (SSSR count). The highest BCUT2D eigenvalue weighted by atomic mass is 16.6. The number of benzene rings is 1. The van der Waals surface area contributed by atoms with Crippen LogP contribution in [0.4, 0.5) is 4.79 Å². The zero-order valence-corrected chi connectivity index (χ0v) is 19.9. The summed E-state index contributed by atoms with van der Waals surface area (Å²) < 4.78 is 10.6. The predicted molar refractivity (Wildman–Crippen MR) is 125 cm³/mol. The molecule has 1 atom stereocenters. The van der Waals surface area contributed by atoms with Gasteiger partial charge in [0.05, 0.1) is 18.6 Å². The molecule has 1 aliphatic carbocycles. The third-order valence-corrected chi connectivity index (χ3v) is 5.28. The summed E-state index contributed by atoms with van der Waals surface area (Å²) in [6.45, 7) is 8.22. The molecule has 1 aliphatic rings. The summed E-state index contributed by atoms with van der Waals surface area (Å²) in [4.78, 5) is 28.6. The molecule has 0 bridgehead atoms. The Hall–Kier alpha value is -2.77. The average molecular weight is 447 g/mol. The number of carbonyl (C=O) groups excluding carboxylic acids is 2. The lowest BCUT2D eigenvalue weighted by Crippen LogP contribution is -2.48. The quantitative estimate of drug-likeness (QED) is 0.336. The third kappa shape index (κ3) is 8.77. The smallest absolute Gasteiger partial charge is 0.408 e. The number of nitrogens with one attached hydrogen (secondary N) is 3. The van der Waals surface area contributed by atoms with Crippen molar-refractivity contribution in [2.45, 2.75) is 71.1 Å². The topological polar surface area (TPSA) is 101 Å². The van der Waals surface area contributed by atoms with E-state index in [2.05, 4.69) is 20.9 Å². The van der Waals surface area contributed by atoms with Crippen LogP contribution in [0.1, 0.15) is 65.0 Å². The molecule has 1 aromatic carbocycles. The fourth-order valence-corrected chi connectivity index (χ4v) is 3.71. The maximum atomic E-state index is 12.4. The van der Waals surface area contributed by atoms with Crippen molar-refractivity contribution in [1.82, 2.24) is 16.0 Å². The number of amides is 1. The summed E-state index contributed by atoms with van der Waals surface area (Å²) in [6.07, 6.45) is 2.90. The van der Waals surface area contributed by atoms with Crippen molar-refractivity contribution in [2.24, 2.45) is 10.9 Å². The first-order valence-corrected chi connectivity index (χ1v) is 11.4. The first-order chi connectivity index (χ1) is 15.2. The lowest BCUT2D eigenvalue weighted by atomic mass is 9.86. The number of aliphatic imine (C=N–C) groups is 1. The number of nitrogens with zero attached hydrogens (tertiary/aromatic N) is 1.